The number of ether oxygens (including phenoxy) is 2. The van der Waals surface area contributed by atoms with Gasteiger partial charge in [0.15, 0.2) is 11.9 Å². The fourth-order valence-electron chi connectivity index (χ4n) is 5.71. The monoisotopic (exact) mass is 700 g/mol. The van der Waals surface area contributed by atoms with Crippen molar-refractivity contribution in [3.63, 3.8) is 0 Å². The Morgan fingerprint density at radius 1 is 0.980 bits per heavy atom. The Kier molecular flexibility index (Phi) is 9.58. The highest BCUT2D eigenvalue weighted by Crippen LogP contribution is 2.42. The Labute approximate surface area is 293 Å². The number of aldehydes is 1. The first-order valence-electron chi connectivity index (χ1n) is 15.6. The number of rotatable bonds is 9. The molecule has 0 unspecified atom stereocenters. The number of methoxy groups -OCH3 is 1. The molecule has 252 valence electrons. The molecule has 2 amide bonds. The molecule has 2 aromatic carbocycles. The van der Waals surface area contributed by atoms with Crippen molar-refractivity contribution in [1.29, 1.82) is 0 Å². The molecule has 6 rings (SSSR count). The molecule has 11 nitrogen and oxygen atoms in total. The Bertz CT molecular complexity index is 2080. The van der Waals surface area contributed by atoms with Crippen LogP contribution in [0.3, 0.4) is 0 Å². The van der Waals surface area contributed by atoms with E-state index in [1.54, 1.807) is 44.0 Å². The van der Waals surface area contributed by atoms with Crippen LogP contribution < -0.4 is 10.1 Å². The van der Waals surface area contributed by atoms with E-state index in [0.29, 0.717) is 79.9 Å². The molecule has 1 aliphatic heterocycles. The van der Waals surface area contributed by atoms with E-state index in [4.69, 9.17) is 37.7 Å². The molecule has 0 spiro atoms. The average Bonchev–Trinajstić information content (AvgIpc) is 3.69. The van der Waals surface area contributed by atoms with Gasteiger partial charge in [0.05, 0.1) is 41.3 Å². The Balaban J connectivity index is 1.31. The van der Waals surface area contributed by atoms with Crippen LogP contribution in [0.2, 0.25) is 10.0 Å². The summed E-state index contributed by atoms with van der Waals surface area (Å²) in [6.45, 7) is 5.86. The number of benzene rings is 2. The predicted molar refractivity (Wildman–Crippen MR) is 187 cm³/mol. The van der Waals surface area contributed by atoms with Gasteiger partial charge in [0.25, 0.3) is 0 Å². The van der Waals surface area contributed by atoms with Crippen LogP contribution in [-0.2, 0) is 16.1 Å². The van der Waals surface area contributed by atoms with E-state index < -0.39 is 11.7 Å². The summed E-state index contributed by atoms with van der Waals surface area (Å²) in [6.07, 6.45) is 2.78. The number of carbonyl (C=O) groups excluding carboxylic acids is 3. The molecular formula is C36H34Cl2N6O5. The number of hydrogen-bond donors (Lipinski definition) is 1. The molecule has 1 N–H and O–H groups in total. The van der Waals surface area contributed by atoms with Crippen molar-refractivity contribution >= 4 is 47.1 Å². The predicted octanol–water partition coefficient (Wildman–Crippen LogP) is 7.27. The molecule has 13 heteroatoms. The van der Waals surface area contributed by atoms with Crippen LogP contribution in [0.15, 0.2) is 66.9 Å². The van der Waals surface area contributed by atoms with Gasteiger partial charge in [-0.05, 0) is 51.5 Å². The summed E-state index contributed by atoms with van der Waals surface area (Å²) < 4.78 is 12.9. The van der Waals surface area contributed by atoms with Crippen LogP contribution >= 0.6 is 23.2 Å². The molecule has 1 atom stereocenters. The van der Waals surface area contributed by atoms with Crippen molar-refractivity contribution in [3.8, 4) is 39.5 Å². The van der Waals surface area contributed by atoms with Crippen LogP contribution in [0, 0.1) is 0 Å². The Morgan fingerprint density at radius 2 is 1.63 bits per heavy atom. The molecule has 1 saturated heterocycles. The van der Waals surface area contributed by atoms with Crippen LogP contribution in [0.1, 0.15) is 49.7 Å². The maximum Gasteiger partial charge on any atom is 0.410 e. The topological polar surface area (TPSA) is 128 Å². The number of hydrogen-bond acceptors (Lipinski definition) is 8. The second-order valence-corrected chi connectivity index (χ2v) is 13.4. The molecule has 0 bridgehead atoms. The lowest BCUT2D eigenvalue weighted by Crippen LogP contribution is -2.43. The number of amides is 2. The Hall–Kier alpha value is -5.00. The summed E-state index contributed by atoms with van der Waals surface area (Å²) >= 11 is 14.1. The molecule has 5 aromatic rings. The van der Waals surface area contributed by atoms with Gasteiger partial charge in [-0.15, -0.1) is 0 Å². The van der Waals surface area contributed by atoms with E-state index in [2.05, 4.69) is 15.4 Å². The van der Waals surface area contributed by atoms with Crippen molar-refractivity contribution in [3.05, 3.63) is 88.2 Å². The van der Waals surface area contributed by atoms with Crippen LogP contribution in [0.4, 0.5) is 4.79 Å². The van der Waals surface area contributed by atoms with Gasteiger partial charge < -0.3 is 19.7 Å². The average molecular weight is 702 g/mol. The van der Waals surface area contributed by atoms with Gasteiger partial charge in [-0.2, -0.15) is 5.10 Å². The zero-order chi connectivity index (χ0) is 34.9. The highest BCUT2D eigenvalue weighted by atomic mass is 35.5. The number of nitrogens with zero attached hydrogens (tertiary/aromatic N) is 5. The number of aromatic nitrogens is 4. The standard InChI is InChI=1S/C36H34Cl2N6O5/c1-36(2,3)49-35(47)43(18-22-12-16-31(46)40-22)17-21-11-13-28(41-34(21)48-4)26-9-5-7-24(32(26)37)25-8-6-10-27(33(25)38)29-14-15-30-39-23(20-45)19-44(30)42-29/h5-11,13-15,19-20,22H,12,16-18H2,1-4H3,(H,40,46)/t22-/m0/s1. The number of pyridine rings is 1. The third-order valence-electron chi connectivity index (χ3n) is 7.97. The number of fused-ring (bicyclic) bond motifs is 1. The van der Waals surface area contributed by atoms with E-state index in [0.717, 1.165) is 0 Å². The lowest BCUT2D eigenvalue weighted by atomic mass is 9.98. The van der Waals surface area contributed by atoms with Gasteiger partial charge in [0.1, 0.15) is 11.3 Å². The largest absolute Gasteiger partial charge is 0.481 e. The fraction of sp³-hybridized carbons (Fsp3) is 0.278. The first-order chi connectivity index (χ1) is 23.4. The van der Waals surface area contributed by atoms with Crippen molar-refractivity contribution in [2.75, 3.05) is 13.7 Å². The summed E-state index contributed by atoms with van der Waals surface area (Å²) in [5.74, 6) is 0.286. The van der Waals surface area contributed by atoms with Crippen LogP contribution in [0.25, 0.3) is 39.3 Å². The lowest BCUT2D eigenvalue weighted by molar-refractivity contribution is -0.119. The summed E-state index contributed by atoms with van der Waals surface area (Å²) in [4.78, 5) is 46.8. The highest BCUT2D eigenvalue weighted by Gasteiger charge is 2.29. The maximum atomic E-state index is 13.2. The van der Waals surface area contributed by atoms with Gasteiger partial charge in [0.2, 0.25) is 11.8 Å². The molecule has 1 aliphatic rings. The molecule has 0 aliphatic carbocycles. The molecule has 3 aromatic heterocycles. The normalized spacial score (nSPS) is 14.5. The van der Waals surface area contributed by atoms with Gasteiger partial charge >= 0.3 is 6.09 Å². The lowest BCUT2D eigenvalue weighted by Gasteiger charge is -2.29. The van der Waals surface area contributed by atoms with E-state index in [9.17, 15) is 14.4 Å². The number of imidazole rings is 1. The zero-order valence-corrected chi connectivity index (χ0v) is 28.9. The van der Waals surface area contributed by atoms with Crippen molar-refractivity contribution in [2.45, 2.75) is 51.8 Å². The highest BCUT2D eigenvalue weighted by molar-refractivity contribution is 6.39. The molecule has 0 saturated carbocycles. The zero-order valence-electron chi connectivity index (χ0n) is 27.4. The van der Waals surface area contributed by atoms with Gasteiger partial charge in [0, 0.05) is 46.8 Å². The van der Waals surface area contributed by atoms with E-state index in [1.807, 2.05) is 48.5 Å². The summed E-state index contributed by atoms with van der Waals surface area (Å²) in [6, 6.07) is 18.3. The molecule has 1 fully saturated rings. The minimum absolute atomic E-state index is 0.0355. The van der Waals surface area contributed by atoms with Crippen molar-refractivity contribution in [2.24, 2.45) is 0 Å². The van der Waals surface area contributed by atoms with Gasteiger partial charge in [-0.1, -0.05) is 59.6 Å². The molecule has 4 heterocycles. The third kappa shape index (κ3) is 7.38. The van der Waals surface area contributed by atoms with Crippen LogP contribution in [-0.4, -0.2) is 68.1 Å². The van der Waals surface area contributed by atoms with Gasteiger partial charge in [-0.25, -0.2) is 19.3 Å². The second-order valence-electron chi connectivity index (χ2n) is 12.7. The van der Waals surface area contributed by atoms with Crippen molar-refractivity contribution in [1.82, 2.24) is 29.8 Å². The summed E-state index contributed by atoms with van der Waals surface area (Å²) in [7, 11) is 1.52. The van der Waals surface area contributed by atoms with E-state index in [1.165, 1.54) is 11.6 Å². The molecule has 0 radical (unpaired) electrons. The maximum absolute atomic E-state index is 13.2. The fourth-order valence-corrected chi connectivity index (χ4v) is 6.36. The molecular weight excluding hydrogens is 667 g/mol. The summed E-state index contributed by atoms with van der Waals surface area (Å²) in [5.41, 5.74) is 4.67. The SMILES string of the molecule is COc1nc(-c2cccc(-c3cccc(-c4ccc5nc(C=O)cn5n4)c3Cl)c2Cl)ccc1CN(C[C@@H]1CCC(=O)N1)C(=O)OC(C)(C)C. The van der Waals surface area contributed by atoms with E-state index >= 15 is 0 Å². The van der Waals surface area contributed by atoms with Gasteiger partial charge in [-0.3, -0.25) is 9.59 Å². The Morgan fingerprint density at radius 3 is 2.24 bits per heavy atom. The minimum atomic E-state index is -0.698. The minimum Gasteiger partial charge on any atom is -0.481 e. The second kappa shape index (κ2) is 13.9. The summed E-state index contributed by atoms with van der Waals surface area (Å²) in [5, 5.41) is 8.41. The van der Waals surface area contributed by atoms with E-state index in [-0.39, 0.29) is 30.7 Å². The quantitative estimate of drug-likeness (QED) is 0.159. The van der Waals surface area contributed by atoms with Crippen LogP contribution in [0.5, 0.6) is 5.88 Å². The number of halogens is 2. The molecule has 49 heavy (non-hydrogen) atoms. The smallest absolute Gasteiger partial charge is 0.410 e. The first-order valence-corrected chi connectivity index (χ1v) is 16.4. The van der Waals surface area contributed by atoms with Crippen molar-refractivity contribution < 1.29 is 23.9 Å². The number of carbonyl (C=O) groups is 3. The first kappa shape index (κ1) is 33.9. The number of nitrogens with one attached hydrogen (secondary N) is 1. The third-order valence-corrected chi connectivity index (χ3v) is 8.78.